The number of aryl methyl sites for hydroxylation is 1. The van der Waals surface area contributed by atoms with Crippen molar-refractivity contribution < 1.29 is 17.9 Å². The molecule has 20 heavy (non-hydrogen) atoms. The number of rotatable bonds is 4. The molecule has 0 spiro atoms. The number of amides is 1. The number of ether oxygens (including phenoxy) is 1. The molecule has 1 aliphatic heterocycles. The van der Waals surface area contributed by atoms with Gasteiger partial charge in [0, 0.05) is 37.1 Å². The molecule has 6 nitrogen and oxygen atoms in total. The van der Waals surface area contributed by atoms with Gasteiger partial charge in [0.15, 0.2) is 0 Å². The number of hydrogen-bond donors (Lipinski definition) is 0. The number of carbonyl (C=O) groups is 1. The lowest BCUT2D eigenvalue weighted by atomic mass is 10.2. The van der Waals surface area contributed by atoms with Crippen molar-refractivity contribution in [3.8, 4) is 0 Å². The number of nitrogens with zero attached hydrogens (tertiary/aromatic N) is 2. The minimum Gasteiger partial charge on any atom is -0.379 e. The molecule has 0 aromatic carbocycles. The second-order valence-corrected chi connectivity index (χ2v) is 7.28. The maximum absolute atomic E-state index is 12.5. The molecular weight excluding hydrogens is 304 g/mol. The Hall–Kier alpha value is -1.05. The van der Waals surface area contributed by atoms with Crippen LogP contribution in [0.4, 0.5) is 0 Å². The van der Waals surface area contributed by atoms with Crippen LogP contribution >= 0.6 is 10.7 Å². The number of carbonyl (C=O) groups excluding carboxylic acids is 1. The molecule has 0 bridgehead atoms. The van der Waals surface area contributed by atoms with E-state index in [4.69, 9.17) is 15.4 Å². The zero-order chi connectivity index (χ0) is 14.9. The van der Waals surface area contributed by atoms with E-state index < -0.39 is 9.05 Å². The van der Waals surface area contributed by atoms with E-state index in [1.807, 2.05) is 6.92 Å². The molecule has 0 radical (unpaired) electrons. The fourth-order valence-electron chi connectivity index (χ4n) is 2.23. The van der Waals surface area contributed by atoms with E-state index in [9.17, 15) is 13.2 Å². The molecule has 1 atom stereocenters. The molecule has 0 saturated carbocycles. The highest BCUT2D eigenvalue weighted by Gasteiger charge is 2.28. The van der Waals surface area contributed by atoms with Crippen LogP contribution in [-0.4, -0.2) is 50.1 Å². The van der Waals surface area contributed by atoms with Crippen LogP contribution in [0.15, 0.2) is 17.2 Å². The van der Waals surface area contributed by atoms with Gasteiger partial charge in [-0.05, 0) is 19.4 Å². The first-order chi connectivity index (χ1) is 9.34. The van der Waals surface area contributed by atoms with Crippen molar-refractivity contribution in [2.45, 2.75) is 30.8 Å². The van der Waals surface area contributed by atoms with Gasteiger partial charge in [-0.2, -0.15) is 0 Å². The normalized spacial score (nSPS) is 19.2. The minimum atomic E-state index is -3.84. The highest BCUT2D eigenvalue weighted by Crippen LogP contribution is 2.21. The minimum absolute atomic E-state index is 0.0266. The molecule has 1 unspecified atom stereocenters. The van der Waals surface area contributed by atoms with E-state index >= 15 is 0 Å². The summed E-state index contributed by atoms with van der Waals surface area (Å²) < 4.78 is 29.6. The van der Waals surface area contributed by atoms with Gasteiger partial charge in [0.1, 0.15) is 10.6 Å². The maximum Gasteiger partial charge on any atom is 0.270 e. The van der Waals surface area contributed by atoms with Gasteiger partial charge < -0.3 is 14.2 Å². The monoisotopic (exact) mass is 320 g/mol. The van der Waals surface area contributed by atoms with Crippen LogP contribution in [0.5, 0.6) is 0 Å². The number of hydrogen-bond acceptors (Lipinski definition) is 4. The van der Waals surface area contributed by atoms with E-state index in [1.165, 1.54) is 12.3 Å². The van der Waals surface area contributed by atoms with Gasteiger partial charge in [0.05, 0.1) is 12.6 Å². The van der Waals surface area contributed by atoms with Crippen molar-refractivity contribution in [2.24, 2.45) is 0 Å². The molecule has 2 rings (SSSR count). The lowest BCUT2D eigenvalue weighted by Gasteiger charge is -2.23. The summed E-state index contributed by atoms with van der Waals surface area (Å²) in [6, 6.07) is 1.35. The quantitative estimate of drug-likeness (QED) is 0.784. The van der Waals surface area contributed by atoms with Crippen molar-refractivity contribution >= 4 is 25.6 Å². The summed E-state index contributed by atoms with van der Waals surface area (Å²) in [6.07, 6.45) is 2.17. The first-order valence-corrected chi connectivity index (χ1v) is 8.65. The lowest BCUT2D eigenvalue weighted by molar-refractivity contribution is 0.0700. The number of likely N-dealkylation sites (N-methyl/N-ethyl adjacent to an activating group) is 1. The molecule has 1 aromatic heterocycles. The van der Waals surface area contributed by atoms with E-state index in [0.29, 0.717) is 25.5 Å². The average molecular weight is 321 g/mol. The molecule has 1 aliphatic rings. The van der Waals surface area contributed by atoms with Crippen LogP contribution in [0.2, 0.25) is 0 Å². The van der Waals surface area contributed by atoms with Gasteiger partial charge in [0.25, 0.3) is 15.0 Å². The average Bonchev–Trinajstić information content (AvgIpc) is 3.04. The van der Waals surface area contributed by atoms with Crippen LogP contribution in [0.1, 0.15) is 23.8 Å². The predicted octanol–water partition coefficient (Wildman–Crippen LogP) is 1.30. The van der Waals surface area contributed by atoms with Crippen LogP contribution in [0.3, 0.4) is 0 Å². The zero-order valence-electron chi connectivity index (χ0n) is 11.4. The Morgan fingerprint density at radius 3 is 2.80 bits per heavy atom. The summed E-state index contributed by atoms with van der Waals surface area (Å²) in [5, 5.41) is 0. The summed E-state index contributed by atoms with van der Waals surface area (Å²) in [5.41, 5.74) is 0.320. The predicted molar refractivity (Wildman–Crippen MR) is 74.5 cm³/mol. The topological polar surface area (TPSA) is 68.6 Å². The Morgan fingerprint density at radius 2 is 2.30 bits per heavy atom. The summed E-state index contributed by atoms with van der Waals surface area (Å²) in [5.74, 6) is -0.228. The van der Waals surface area contributed by atoms with Crippen LogP contribution in [0, 0.1) is 0 Å². The highest BCUT2D eigenvalue weighted by atomic mass is 35.7. The second kappa shape index (κ2) is 5.75. The lowest BCUT2D eigenvalue weighted by Crippen LogP contribution is -2.38. The van der Waals surface area contributed by atoms with E-state index in [-0.39, 0.29) is 16.8 Å². The summed E-state index contributed by atoms with van der Waals surface area (Å²) >= 11 is 0. The number of aromatic nitrogens is 1. The Balaban J connectivity index is 2.31. The Kier molecular flexibility index (Phi) is 4.41. The third kappa shape index (κ3) is 2.99. The van der Waals surface area contributed by atoms with Crippen LogP contribution in [-0.2, 0) is 20.3 Å². The second-order valence-electron chi connectivity index (χ2n) is 4.72. The van der Waals surface area contributed by atoms with Crippen molar-refractivity contribution in [3.05, 3.63) is 18.0 Å². The smallest absolute Gasteiger partial charge is 0.270 e. The van der Waals surface area contributed by atoms with Gasteiger partial charge in [-0.25, -0.2) is 8.42 Å². The molecule has 8 heteroatoms. The molecule has 2 heterocycles. The first-order valence-electron chi connectivity index (χ1n) is 6.34. The fourth-order valence-corrected chi connectivity index (χ4v) is 2.99. The molecule has 0 N–H and O–H groups in total. The molecule has 0 aliphatic carbocycles. The fraction of sp³-hybridized carbons (Fsp3) is 0.583. The van der Waals surface area contributed by atoms with E-state index in [1.54, 1.807) is 16.5 Å². The summed E-state index contributed by atoms with van der Waals surface area (Å²) in [4.78, 5) is 14.0. The largest absolute Gasteiger partial charge is 0.379 e. The highest BCUT2D eigenvalue weighted by molar-refractivity contribution is 8.13. The van der Waals surface area contributed by atoms with Gasteiger partial charge in [-0.3, -0.25) is 4.79 Å². The van der Waals surface area contributed by atoms with Crippen molar-refractivity contribution in [2.75, 3.05) is 20.3 Å². The van der Waals surface area contributed by atoms with E-state index in [0.717, 1.165) is 6.42 Å². The third-order valence-electron chi connectivity index (χ3n) is 3.49. The Morgan fingerprint density at radius 1 is 1.60 bits per heavy atom. The molecule has 1 fully saturated rings. The molecule has 112 valence electrons. The molecule has 1 saturated heterocycles. The maximum atomic E-state index is 12.5. The van der Waals surface area contributed by atoms with Gasteiger partial charge >= 0.3 is 0 Å². The Labute approximate surface area is 122 Å². The summed E-state index contributed by atoms with van der Waals surface area (Å²) in [6.45, 7) is 3.47. The van der Waals surface area contributed by atoms with Crippen molar-refractivity contribution in [1.29, 1.82) is 0 Å². The molecule has 1 amide bonds. The standard InChI is InChI=1S/C12H17ClN2O4S/c1-3-15-7-10(20(13,17)18)6-11(15)12(16)14(2)9-4-5-19-8-9/h6-7,9H,3-5,8H2,1-2H3. The van der Waals surface area contributed by atoms with Crippen LogP contribution < -0.4 is 0 Å². The molecular formula is C12H17ClN2O4S. The van der Waals surface area contributed by atoms with Crippen LogP contribution in [0.25, 0.3) is 0 Å². The van der Waals surface area contributed by atoms with Crippen molar-refractivity contribution in [3.63, 3.8) is 0 Å². The Bertz CT molecular complexity index is 605. The SMILES string of the molecule is CCn1cc(S(=O)(=O)Cl)cc1C(=O)N(C)C1CCOC1. The zero-order valence-corrected chi connectivity index (χ0v) is 12.9. The number of halogens is 1. The van der Waals surface area contributed by atoms with Gasteiger partial charge in [-0.15, -0.1) is 0 Å². The first kappa shape index (κ1) is 15.3. The summed E-state index contributed by atoms with van der Waals surface area (Å²) in [7, 11) is 3.19. The van der Waals surface area contributed by atoms with Gasteiger partial charge in [-0.1, -0.05) is 0 Å². The third-order valence-corrected chi connectivity index (χ3v) is 4.81. The van der Waals surface area contributed by atoms with E-state index in [2.05, 4.69) is 0 Å². The van der Waals surface area contributed by atoms with Crippen molar-refractivity contribution in [1.82, 2.24) is 9.47 Å². The van der Waals surface area contributed by atoms with Gasteiger partial charge in [0.2, 0.25) is 0 Å². The molecule has 1 aromatic rings.